The third-order valence-electron chi connectivity index (χ3n) is 3.06. The van der Waals surface area contributed by atoms with Crippen LogP contribution in [0.5, 0.6) is 5.75 Å². The van der Waals surface area contributed by atoms with E-state index in [1.165, 1.54) is 0 Å². The number of ether oxygens (including phenoxy) is 1. The van der Waals surface area contributed by atoms with Crippen molar-refractivity contribution in [1.82, 2.24) is 0 Å². The third kappa shape index (κ3) is 2.96. The second-order valence-corrected chi connectivity index (χ2v) is 4.80. The molecule has 6 nitrogen and oxygen atoms in total. The Balaban J connectivity index is 2.39. The number of rotatable bonds is 4. The van der Waals surface area contributed by atoms with Gasteiger partial charge in [-0.25, -0.2) is 4.79 Å². The molecule has 7 heteroatoms. The van der Waals surface area contributed by atoms with Crippen LogP contribution in [0.25, 0.3) is 0 Å². The molecule has 19 heavy (non-hydrogen) atoms. The number of nitro benzene ring substituents is 1. The van der Waals surface area contributed by atoms with Crippen molar-refractivity contribution in [3.8, 4) is 5.75 Å². The number of carbonyl (C=O) groups is 1. The fourth-order valence-corrected chi connectivity index (χ4v) is 2.39. The van der Waals surface area contributed by atoms with Crippen LogP contribution in [-0.2, 0) is 0 Å². The number of hydrogen-bond donors (Lipinski definition) is 1. The molecule has 0 aliphatic heterocycles. The Labute approximate surface area is 114 Å². The SMILES string of the molecule is O=C(O)c1cc([N+](=O)[O-])cc(Cl)c1OC1CCCC1. The number of carboxylic acids is 1. The third-order valence-corrected chi connectivity index (χ3v) is 3.34. The van der Waals surface area contributed by atoms with Crippen molar-refractivity contribution in [3.63, 3.8) is 0 Å². The first-order valence-corrected chi connectivity index (χ1v) is 6.24. The minimum atomic E-state index is -1.29. The molecule has 1 fully saturated rings. The number of carboxylic acid groups (broad SMARTS) is 1. The maximum Gasteiger partial charge on any atom is 0.339 e. The fraction of sp³-hybridized carbons (Fsp3) is 0.417. The smallest absolute Gasteiger partial charge is 0.339 e. The van der Waals surface area contributed by atoms with Crippen LogP contribution >= 0.6 is 11.6 Å². The molecular weight excluding hydrogens is 274 g/mol. The molecule has 0 saturated heterocycles. The molecule has 1 aliphatic rings. The van der Waals surface area contributed by atoms with Gasteiger partial charge in [-0.2, -0.15) is 0 Å². The standard InChI is InChI=1S/C12H12ClNO5/c13-10-6-7(14(17)18)5-9(12(15)16)11(10)19-8-3-1-2-4-8/h5-6,8H,1-4H2,(H,15,16). The van der Waals surface area contributed by atoms with Crippen LogP contribution in [0.1, 0.15) is 36.0 Å². The van der Waals surface area contributed by atoms with Gasteiger partial charge in [-0.3, -0.25) is 10.1 Å². The normalized spacial score (nSPS) is 15.4. The summed E-state index contributed by atoms with van der Waals surface area (Å²) in [6.45, 7) is 0. The molecule has 1 N–H and O–H groups in total. The van der Waals surface area contributed by atoms with Crippen LogP contribution in [0.2, 0.25) is 5.02 Å². The van der Waals surface area contributed by atoms with Gasteiger partial charge in [-0.05, 0) is 25.7 Å². The van der Waals surface area contributed by atoms with E-state index in [9.17, 15) is 14.9 Å². The molecule has 0 unspecified atom stereocenters. The molecule has 0 bridgehead atoms. The summed E-state index contributed by atoms with van der Waals surface area (Å²) in [5.41, 5.74) is -0.632. The van der Waals surface area contributed by atoms with Crippen molar-refractivity contribution in [2.75, 3.05) is 0 Å². The van der Waals surface area contributed by atoms with Crippen molar-refractivity contribution in [1.29, 1.82) is 0 Å². The highest BCUT2D eigenvalue weighted by molar-refractivity contribution is 6.32. The highest BCUT2D eigenvalue weighted by Gasteiger charge is 2.25. The first-order chi connectivity index (χ1) is 8.99. The average Bonchev–Trinajstić information content (AvgIpc) is 2.83. The van der Waals surface area contributed by atoms with E-state index in [0.717, 1.165) is 37.8 Å². The van der Waals surface area contributed by atoms with Gasteiger partial charge >= 0.3 is 5.97 Å². The molecule has 1 aliphatic carbocycles. The monoisotopic (exact) mass is 285 g/mol. The molecule has 1 aromatic carbocycles. The van der Waals surface area contributed by atoms with E-state index in [0.29, 0.717) is 0 Å². The first kappa shape index (κ1) is 13.6. The van der Waals surface area contributed by atoms with E-state index in [1.807, 2.05) is 0 Å². The largest absolute Gasteiger partial charge is 0.488 e. The Kier molecular flexibility index (Phi) is 3.90. The van der Waals surface area contributed by atoms with Gasteiger partial charge in [0.25, 0.3) is 5.69 Å². The maximum absolute atomic E-state index is 11.2. The van der Waals surface area contributed by atoms with Crippen molar-refractivity contribution >= 4 is 23.3 Å². The highest BCUT2D eigenvalue weighted by atomic mass is 35.5. The lowest BCUT2D eigenvalue weighted by Gasteiger charge is -2.16. The second kappa shape index (κ2) is 5.44. The van der Waals surface area contributed by atoms with E-state index in [1.54, 1.807) is 0 Å². The number of hydrogen-bond acceptors (Lipinski definition) is 4. The van der Waals surface area contributed by atoms with Crippen LogP contribution in [0, 0.1) is 10.1 Å². The summed E-state index contributed by atoms with van der Waals surface area (Å²) in [4.78, 5) is 21.2. The van der Waals surface area contributed by atoms with E-state index < -0.39 is 10.9 Å². The van der Waals surface area contributed by atoms with Gasteiger partial charge in [0.1, 0.15) is 5.56 Å². The summed E-state index contributed by atoms with van der Waals surface area (Å²) in [6, 6.07) is 2.08. The number of halogens is 1. The second-order valence-electron chi connectivity index (χ2n) is 4.39. The molecule has 1 aromatic rings. The van der Waals surface area contributed by atoms with Crippen LogP contribution in [0.3, 0.4) is 0 Å². The zero-order chi connectivity index (χ0) is 14.0. The lowest BCUT2D eigenvalue weighted by atomic mass is 10.1. The van der Waals surface area contributed by atoms with Gasteiger partial charge in [0.05, 0.1) is 16.0 Å². The molecule has 0 aromatic heterocycles. The number of non-ortho nitro benzene ring substituents is 1. The minimum absolute atomic E-state index is 0.0201. The van der Waals surface area contributed by atoms with Crippen molar-refractivity contribution < 1.29 is 19.6 Å². The Morgan fingerprint density at radius 1 is 1.42 bits per heavy atom. The van der Waals surface area contributed by atoms with Crippen molar-refractivity contribution in [2.24, 2.45) is 0 Å². The van der Waals surface area contributed by atoms with Crippen LogP contribution < -0.4 is 4.74 Å². The summed E-state index contributed by atoms with van der Waals surface area (Å²) < 4.78 is 5.60. The highest BCUT2D eigenvalue weighted by Crippen LogP contribution is 2.36. The maximum atomic E-state index is 11.2. The van der Waals surface area contributed by atoms with Crippen molar-refractivity contribution in [2.45, 2.75) is 31.8 Å². The summed E-state index contributed by atoms with van der Waals surface area (Å²) >= 11 is 5.91. The Hall–Kier alpha value is -1.82. The molecule has 0 atom stereocenters. The molecular formula is C12H12ClNO5. The lowest BCUT2D eigenvalue weighted by Crippen LogP contribution is -2.14. The molecule has 2 rings (SSSR count). The summed E-state index contributed by atoms with van der Waals surface area (Å²) in [5, 5.41) is 19.8. The van der Waals surface area contributed by atoms with Gasteiger partial charge in [-0.15, -0.1) is 0 Å². The van der Waals surface area contributed by atoms with Gasteiger partial charge in [0, 0.05) is 12.1 Å². The minimum Gasteiger partial charge on any atom is -0.488 e. The van der Waals surface area contributed by atoms with Crippen LogP contribution in [0.15, 0.2) is 12.1 Å². The topological polar surface area (TPSA) is 89.7 Å². The molecule has 102 valence electrons. The lowest BCUT2D eigenvalue weighted by molar-refractivity contribution is -0.384. The van der Waals surface area contributed by atoms with Crippen LogP contribution in [0.4, 0.5) is 5.69 Å². The predicted molar refractivity (Wildman–Crippen MR) is 67.9 cm³/mol. The number of nitro groups is 1. The van der Waals surface area contributed by atoms with Gasteiger partial charge < -0.3 is 9.84 Å². The number of nitrogens with zero attached hydrogens (tertiary/aromatic N) is 1. The number of aromatic carboxylic acids is 1. The summed E-state index contributed by atoms with van der Waals surface area (Å²) in [7, 11) is 0. The molecule has 0 heterocycles. The van der Waals surface area contributed by atoms with Gasteiger partial charge in [0.2, 0.25) is 0 Å². The molecule has 0 spiro atoms. The van der Waals surface area contributed by atoms with E-state index in [-0.39, 0.29) is 28.1 Å². The molecule has 1 saturated carbocycles. The zero-order valence-corrected chi connectivity index (χ0v) is 10.7. The Morgan fingerprint density at radius 3 is 2.58 bits per heavy atom. The van der Waals surface area contributed by atoms with E-state index in [2.05, 4.69) is 0 Å². The van der Waals surface area contributed by atoms with Gasteiger partial charge in [-0.1, -0.05) is 11.6 Å². The molecule has 0 radical (unpaired) electrons. The van der Waals surface area contributed by atoms with Crippen LogP contribution in [-0.4, -0.2) is 22.1 Å². The van der Waals surface area contributed by atoms with E-state index in [4.69, 9.17) is 21.4 Å². The average molecular weight is 286 g/mol. The Bertz CT molecular complexity index is 525. The zero-order valence-electron chi connectivity index (χ0n) is 9.97. The summed E-state index contributed by atoms with van der Waals surface area (Å²) in [6.07, 6.45) is 3.66. The summed E-state index contributed by atoms with van der Waals surface area (Å²) in [5.74, 6) is -1.27. The Morgan fingerprint density at radius 2 is 2.05 bits per heavy atom. The quantitative estimate of drug-likeness (QED) is 0.677. The molecule has 0 amide bonds. The predicted octanol–water partition coefficient (Wildman–Crippen LogP) is 3.27. The number of benzene rings is 1. The van der Waals surface area contributed by atoms with Crippen molar-refractivity contribution in [3.05, 3.63) is 32.8 Å². The van der Waals surface area contributed by atoms with Gasteiger partial charge in [0.15, 0.2) is 5.75 Å². The first-order valence-electron chi connectivity index (χ1n) is 5.87. The van der Waals surface area contributed by atoms with E-state index >= 15 is 0 Å². The fourth-order valence-electron chi connectivity index (χ4n) is 2.14.